The maximum Gasteiger partial charge on any atom is 0.262 e. The Hall–Kier alpha value is -2.78. The lowest BCUT2D eigenvalue weighted by Crippen LogP contribution is -2.24. The number of primary amides is 1. The number of rotatable bonds is 10. The molecule has 2 amide bonds. The van der Waals surface area contributed by atoms with Crippen LogP contribution in [-0.4, -0.2) is 32.9 Å². The van der Waals surface area contributed by atoms with Gasteiger partial charge in [-0.25, -0.2) is 4.98 Å². The molecule has 3 aromatic rings. The highest BCUT2D eigenvalue weighted by Crippen LogP contribution is 2.27. The third kappa shape index (κ3) is 6.11. The van der Waals surface area contributed by atoms with Crippen LogP contribution in [-0.2, 0) is 16.1 Å². The second kappa shape index (κ2) is 11.0. The van der Waals surface area contributed by atoms with Gasteiger partial charge in [0, 0.05) is 11.4 Å². The van der Waals surface area contributed by atoms with Crippen molar-refractivity contribution in [3.63, 3.8) is 0 Å². The first-order valence-corrected chi connectivity index (χ1v) is 11.9. The molecule has 2 aromatic carbocycles. The van der Waals surface area contributed by atoms with E-state index in [2.05, 4.69) is 17.2 Å². The molecule has 0 atom stereocenters. The minimum atomic E-state index is -0.422. The minimum absolute atomic E-state index is 0.0878. The summed E-state index contributed by atoms with van der Waals surface area (Å²) >= 11 is 2.51. The van der Waals surface area contributed by atoms with Crippen molar-refractivity contribution in [2.24, 2.45) is 5.73 Å². The monoisotopic (exact) mass is 456 g/mol. The molecule has 3 rings (SSSR count). The maximum absolute atomic E-state index is 12.9. The first-order valence-electron chi connectivity index (χ1n) is 9.92. The zero-order valence-corrected chi connectivity index (χ0v) is 18.8. The van der Waals surface area contributed by atoms with Gasteiger partial charge in [-0.15, -0.1) is 11.8 Å². The van der Waals surface area contributed by atoms with Crippen LogP contribution in [0.3, 0.4) is 0 Å². The number of nitrogens with zero attached hydrogens (tertiary/aromatic N) is 2. The predicted molar refractivity (Wildman–Crippen MR) is 127 cm³/mol. The molecule has 0 spiro atoms. The van der Waals surface area contributed by atoms with Crippen LogP contribution in [0.2, 0.25) is 0 Å². The van der Waals surface area contributed by atoms with Gasteiger partial charge >= 0.3 is 0 Å². The molecule has 0 aliphatic rings. The minimum Gasteiger partial charge on any atom is -0.369 e. The molecule has 31 heavy (non-hydrogen) atoms. The number of hydrogen-bond donors (Lipinski definition) is 2. The van der Waals surface area contributed by atoms with Gasteiger partial charge in [0.1, 0.15) is 0 Å². The van der Waals surface area contributed by atoms with E-state index in [0.29, 0.717) is 28.3 Å². The molecule has 7 nitrogen and oxygen atoms in total. The number of carbonyl (C=O) groups is 2. The smallest absolute Gasteiger partial charge is 0.262 e. The summed E-state index contributed by atoms with van der Waals surface area (Å²) in [6, 6.07) is 14.5. The molecule has 0 unspecified atom stereocenters. The highest BCUT2D eigenvalue weighted by molar-refractivity contribution is 8.00. The van der Waals surface area contributed by atoms with Crippen LogP contribution >= 0.6 is 23.5 Å². The molecular weight excluding hydrogens is 432 g/mol. The molecule has 0 aliphatic carbocycles. The highest BCUT2D eigenvalue weighted by atomic mass is 32.2. The summed E-state index contributed by atoms with van der Waals surface area (Å²) in [7, 11) is 0. The van der Waals surface area contributed by atoms with E-state index in [1.165, 1.54) is 23.5 Å². The van der Waals surface area contributed by atoms with Crippen molar-refractivity contribution in [3.8, 4) is 0 Å². The number of hydrogen-bond acceptors (Lipinski definition) is 6. The van der Waals surface area contributed by atoms with Gasteiger partial charge in [0.2, 0.25) is 11.8 Å². The maximum atomic E-state index is 12.9. The summed E-state index contributed by atoms with van der Waals surface area (Å²) in [6.45, 7) is 2.62. The van der Waals surface area contributed by atoms with Gasteiger partial charge in [-0.2, -0.15) is 0 Å². The fourth-order valence-electron chi connectivity index (χ4n) is 2.93. The Morgan fingerprint density at radius 1 is 1.06 bits per heavy atom. The molecule has 1 aromatic heterocycles. The van der Waals surface area contributed by atoms with Gasteiger partial charge in [-0.1, -0.05) is 49.4 Å². The van der Waals surface area contributed by atoms with Crippen molar-refractivity contribution in [2.45, 2.75) is 36.4 Å². The summed E-state index contributed by atoms with van der Waals surface area (Å²) < 4.78 is 1.65. The molecule has 0 bridgehead atoms. The van der Waals surface area contributed by atoms with Crippen LogP contribution in [0.5, 0.6) is 0 Å². The summed E-state index contributed by atoms with van der Waals surface area (Å²) in [6.07, 6.45) is 1.80. The zero-order valence-electron chi connectivity index (χ0n) is 17.2. The average Bonchev–Trinajstić information content (AvgIpc) is 2.76. The Labute approximate surface area is 188 Å². The first-order chi connectivity index (χ1) is 15.0. The number of benzene rings is 2. The second-order valence-electron chi connectivity index (χ2n) is 6.81. The van der Waals surface area contributed by atoms with Crippen LogP contribution in [0.25, 0.3) is 10.9 Å². The number of thioether (sulfide) groups is 2. The van der Waals surface area contributed by atoms with Gasteiger partial charge in [-0.05, 0) is 30.7 Å². The van der Waals surface area contributed by atoms with E-state index in [-0.39, 0.29) is 23.0 Å². The molecule has 0 fully saturated rings. The number of fused-ring (bicyclic) bond motifs is 1. The van der Waals surface area contributed by atoms with Gasteiger partial charge in [0.25, 0.3) is 5.56 Å². The van der Waals surface area contributed by atoms with Gasteiger partial charge in [0.15, 0.2) is 5.16 Å². The number of nitrogens with two attached hydrogens (primary N) is 1. The molecule has 3 N–H and O–H groups in total. The SMILES string of the molecule is CCCCn1c(SCC(=O)Nc2ccccc2SCC(N)=O)nc2ccccc2c1=O. The standard InChI is InChI=1S/C22H24N4O3S2/c1-2-3-12-26-21(29)15-8-4-5-9-16(15)25-22(26)31-14-20(28)24-17-10-6-7-11-18(17)30-13-19(23)27/h4-11H,2-3,12-14H2,1H3,(H2,23,27)(H,24,28). The predicted octanol–water partition coefficient (Wildman–Crippen LogP) is 3.50. The number of para-hydroxylation sites is 2. The fraction of sp³-hybridized carbons (Fsp3) is 0.273. The van der Waals surface area contributed by atoms with Crippen molar-refractivity contribution in [2.75, 3.05) is 16.8 Å². The molecule has 0 aliphatic heterocycles. The Balaban J connectivity index is 1.76. The van der Waals surface area contributed by atoms with Crippen LogP contribution in [0, 0.1) is 0 Å². The van der Waals surface area contributed by atoms with E-state index in [1.54, 1.807) is 22.8 Å². The Kier molecular flexibility index (Phi) is 8.13. The molecular formula is C22H24N4O3S2. The fourth-order valence-corrected chi connectivity index (χ4v) is 4.50. The number of nitrogens with one attached hydrogen (secondary N) is 1. The summed E-state index contributed by atoms with van der Waals surface area (Å²) in [4.78, 5) is 42.0. The van der Waals surface area contributed by atoms with E-state index in [1.807, 2.05) is 30.3 Å². The Morgan fingerprint density at radius 3 is 2.58 bits per heavy atom. The van der Waals surface area contributed by atoms with Crippen molar-refractivity contribution in [3.05, 3.63) is 58.9 Å². The van der Waals surface area contributed by atoms with Crippen molar-refractivity contribution < 1.29 is 9.59 Å². The lowest BCUT2D eigenvalue weighted by atomic mass is 10.2. The van der Waals surface area contributed by atoms with E-state index < -0.39 is 5.91 Å². The second-order valence-corrected chi connectivity index (χ2v) is 8.77. The van der Waals surface area contributed by atoms with Gasteiger partial charge in [-0.3, -0.25) is 19.0 Å². The topological polar surface area (TPSA) is 107 Å². The lowest BCUT2D eigenvalue weighted by molar-refractivity contribution is -0.115. The normalized spacial score (nSPS) is 10.9. The molecule has 1 heterocycles. The third-order valence-electron chi connectivity index (χ3n) is 4.43. The van der Waals surface area contributed by atoms with Crippen LogP contribution < -0.4 is 16.6 Å². The summed E-state index contributed by atoms with van der Waals surface area (Å²) in [5.74, 6) is -0.409. The largest absolute Gasteiger partial charge is 0.369 e. The molecule has 0 saturated carbocycles. The van der Waals surface area contributed by atoms with Crippen LogP contribution in [0.4, 0.5) is 5.69 Å². The number of anilines is 1. The summed E-state index contributed by atoms with van der Waals surface area (Å²) in [5, 5.41) is 3.98. The Bertz CT molecular complexity index is 1150. The van der Waals surface area contributed by atoms with Crippen molar-refractivity contribution >= 4 is 51.9 Å². The zero-order chi connectivity index (χ0) is 22.2. The highest BCUT2D eigenvalue weighted by Gasteiger charge is 2.14. The van der Waals surface area contributed by atoms with E-state index in [4.69, 9.17) is 5.73 Å². The van der Waals surface area contributed by atoms with Crippen molar-refractivity contribution in [1.29, 1.82) is 0 Å². The molecule has 162 valence electrons. The number of carbonyl (C=O) groups excluding carboxylic acids is 2. The van der Waals surface area contributed by atoms with Crippen LogP contribution in [0.1, 0.15) is 19.8 Å². The number of amides is 2. The van der Waals surface area contributed by atoms with Gasteiger partial charge < -0.3 is 11.1 Å². The first kappa shape index (κ1) is 22.9. The summed E-state index contributed by atoms with van der Waals surface area (Å²) in [5.41, 5.74) is 6.37. The molecule has 9 heteroatoms. The quantitative estimate of drug-likeness (QED) is 0.357. The number of aromatic nitrogens is 2. The molecule has 0 saturated heterocycles. The van der Waals surface area contributed by atoms with E-state index >= 15 is 0 Å². The average molecular weight is 457 g/mol. The third-order valence-corrected chi connectivity index (χ3v) is 6.50. The van der Waals surface area contributed by atoms with Crippen molar-refractivity contribution in [1.82, 2.24) is 9.55 Å². The van der Waals surface area contributed by atoms with E-state index in [0.717, 1.165) is 17.7 Å². The molecule has 0 radical (unpaired) electrons. The Morgan fingerprint density at radius 2 is 1.81 bits per heavy atom. The van der Waals surface area contributed by atoms with Gasteiger partial charge in [0.05, 0.1) is 28.1 Å². The van der Waals surface area contributed by atoms with Crippen LogP contribution in [0.15, 0.2) is 63.4 Å². The lowest BCUT2D eigenvalue weighted by Gasteiger charge is -2.13. The number of unbranched alkanes of at least 4 members (excludes halogenated alkanes) is 1. The van der Waals surface area contributed by atoms with E-state index in [9.17, 15) is 14.4 Å².